The fourth-order valence-corrected chi connectivity index (χ4v) is 2.00. The Morgan fingerprint density at radius 1 is 1.38 bits per heavy atom. The second-order valence-corrected chi connectivity index (χ2v) is 4.67. The Labute approximate surface area is 124 Å². The van der Waals surface area contributed by atoms with Crippen LogP contribution in [0.15, 0.2) is 30.3 Å². The van der Waals surface area contributed by atoms with Gasteiger partial charge in [0.05, 0.1) is 13.5 Å². The van der Waals surface area contributed by atoms with Crippen molar-refractivity contribution in [2.45, 2.75) is 32.2 Å². The fourth-order valence-electron chi connectivity index (χ4n) is 2.00. The monoisotopic (exact) mass is 291 g/mol. The Morgan fingerprint density at radius 3 is 2.71 bits per heavy atom. The van der Waals surface area contributed by atoms with Crippen LogP contribution in [0.5, 0.6) is 5.75 Å². The molecular weight excluding hydrogens is 270 g/mol. The number of para-hydroxylation sites is 1. The Balaban J connectivity index is 2.66. The van der Waals surface area contributed by atoms with E-state index in [1.165, 1.54) is 6.08 Å². The summed E-state index contributed by atoms with van der Waals surface area (Å²) in [5.41, 5.74) is 0.792. The molecule has 0 aliphatic rings. The van der Waals surface area contributed by atoms with Crippen LogP contribution in [0.3, 0.4) is 0 Å². The van der Waals surface area contributed by atoms with Crippen molar-refractivity contribution in [1.82, 2.24) is 5.32 Å². The van der Waals surface area contributed by atoms with Crippen molar-refractivity contribution < 1.29 is 19.4 Å². The molecule has 1 rings (SSSR count). The van der Waals surface area contributed by atoms with Gasteiger partial charge in [0.15, 0.2) is 0 Å². The van der Waals surface area contributed by atoms with E-state index in [-0.39, 0.29) is 18.4 Å². The highest BCUT2D eigenvalue weighted by molar-refractivity contribution is 5.92. The molecule has 1 aromatic carbocycles. The van der Waals surface area contributed by atoms with Gasteiger partial charge >= 0.3 is 5.97 Å². The number of hydrogen-bond acceptors (Lipinski definition) is 3. The minimum Gasteiger partial charge on any atom is -0.496 e. The average molecular weight is 291 g/mol. The van der Waals surface area contributed by atoms with Gasteiger partial charge in [-0.3, -0.25) is 9.59 Å². The zero-order valence-corrected chi connectivity index (χ0v) is 12.3. The molecule has 1 atom stereocenters. The molecule has 114 valence electrons. The predicted molar refractivity (Wildman–Crippen MR) is 81.1 cm³/mol. The largest absolute Gasteiger partial charge is 0.496 e. The van der Waals surface area contributed by atoms with E-state index < -0.39 is 5.97 Å². The average Bonchev–Trinajstić information content (AvgIpc) is 2.45. The number of hydrogen-bond donors (Lipinski definition) is 2. The topological polar surface area (TPSA) is 75.6 Å². The first-order chi connectivity index (χ1) is 10.1. The number of carbonyl (C=O) groups is 2. The van der Waals surface area contributed by atoms with Crippen LogP contribution in [0, 0.1) is 0 Å². The summed E-state index contributed by atoms with van der Waals surface area (Å²) in [6.45, 7) is 1.95. The van der Waals surface area contributed by atoms with Crippen LogP contribution < -0.4 is 10.1 Å². The second-order valence-electron chi connectivity index (χ2n) is 4.67. The third kappa shape index (κ3) is 6.12. The van der Waals surface area contributed by atoms with Crippen molar-refractivity contribution >= 4 is 18.0 Å². The third-order valence-electron chi connectivity index (χ3n) is 2.96. The number of amides is 1. The van der Waals surface area contributed by atoms with Gasteiger partial charge < -0.3 is 15.2 Å². The van der Waals surface area contributed by atoms with Crippen molar-refractivity contribution in [2.24, 2.45) is 0 Å². The Bertz CT molecular complexity index is 511. The fraction of sp³-hybridized carbons (Fsp3) is 0.375. The maximum atomic E-state index is 11.9. The number of nitrogens with one attached hydrogen (secondary N) is 1. The maximum Gasteiger partial charge on any atom is 0.305 e. The molecule has 0 fully saturated rings. The molecule has 1 unspecified atom stereocenters. The smallest absolute Gasteiger partial charge is 0.305 e. The Hall–Kier alpha value is -2.30. The van der Waals surface area contributed by atoms with E-state index in [1.807, 2.05) is 31.2 Å². The molecule has 1 aromatic rings. The third-order valence-corrected chi connectivity index (χ3v) is 2.96. The Morgan fingerprint density at radius 2 is 2.10 bits per heavy atom. The molecule has 0 saturated heterocycles. The Kier molecular flexibility index (Phi) is 7.01. The van der Waals surface area contributed by atoms with Crippen LogP contribution in [-0.4, -0.2) is 30.1 Å². The van der Waals surface area contributed by atoms with Crippen molar-refractivity contribution in [3.8, 4) is 5.75 Å². The first-order valence-electron chi connectivity index (χ1n) is 6.90. The minimum atomic E-state index is -0.914. The highest BCUT2D eigenvalue weighted by Gasteiger charge is 2.13. The SMILES string of the molecule is CCCC(CC(=O)O)NC(=O)/C=C/c1ccccc1OC. The summed E-state index contributed by atoms with van der Waals surface area (Å²) < 4.78 is 5.19. The molecule has 0 aromatic heterocycles. The van der Waals surface area contributed by atoms with Crippen LogP contribution in [0.25, 0.3) is 6.08 Å². The summed E-state index contributed by atoms with van der Waals surface area (Å²) in [4.78, 5) is 22.6. The van der Waals surface area contributed by atoms with Crippen LogP contribution in [0.1, 0.15) is 31.7 Å². The van der Waals surface area contributed by atoms with Gasteiger partial charge in [0.25, 0.3) is 0 Å². The zero-order chi connectivity index (χ0) is 15.7. The normalized spacial score (nSPS) is 12.1. The molecule has 1 amide bonds. The second kappa shape index (κ2) is 8.79. The molecule has 0 aliphatic carbocycles. The van der Waals surface area contributed by atoms with E-state index in [1.54, 1.807) is 13.2 Å². The van der Waals surface area contributed by atoms with Crippen LogP contribution in [0.4, 0.5) is 0 Å². The first-order valence-corrected chi connectivity index (χ1v) is 6.90. The molecule has 0 heterocycles. The molecule has 5 heteroatoms. The van der Waals surface area contributed by atoms with Crippen LogP contribution in [-0.2, 0) is 9.59 Å². The summed E-state index contributed by atoms with van der Waals surface area (Å²) in [5, 5.41) is 11.5. The quantitative estimate of drug-likeness (QED) is 0.721. The lowest BCUT2D eigenvalue weighted by atomic mass is 10.1. The van der Waals surface area contributed by atoms with E-state index in [0.717, 1.165) is 12.0 Å². The highest BCUT2D eigenvalue weighted by atomic mass is 16.5. The van der Waals surface area contributed by atoms with E-state index in [0.29, 0.717) is 12.2 Å². The minimum absolute atomic E-state index is 0.0674. The van der Waals surface area contributed by atoms with Gasteiger partial charge in [0.2, 0.25) is 5.91 Å². The summed E-state index contributed by atoms with van der Waals surface area (Å²) >= 11 is 0. The van der Waals surface area contributed by atoms with E-state index in [2.05, 4.69) is 5.32 Å². The van der Waals surface area contributed by atoms with Gasteiger partial charge in [-0.25, -0.2) is 0 Å². The zero-order valence-electron chi connectivity index (χ0n) is 12.3. The molecule has 0 saturated carbocycles. The first kappa shape index (κ1) is 16.8. The van der Waals surface area contributed by atoms with Gasteiger partial charge in [-0.05, 0) is 18.6 Å². The number of rotatable bonds is 8. The number of benzene rings is 1. The number of ether oxygens (including phenoxy) is 1. The van der Waals surface area contributed by atoms with Gasteiger partial charge in [-0.15, -0.1) is 0 Å². The molecular formula is C16H21NO4. The van der Waals surface area contributed by atoms with Crippen molar-refractivity contribution in [2.75, 3.05) is 7.11 Å². The maximum absolute atomic E-state index is 11.9. The lowest BCUT2D eigenvalue weighted by molar-refractivity contribution is -0.137. The number of carbonyl (C=O) groups excluding carboxylic acids is 1. The number of carboxylic acid groups (broad SMARTS) is 1. The number of aliphatic carboxylic acids is 1. The number of carboxylic acids is 1. The van der Waals surface area contributed by atoms with Crippen molar-refractivity contribution in [3.63, 3.8) is 0 Å². The van der Waals surface area contributed by atoms with E-state index in [9.17, 15) is 9.59 Å². The van der Waals surface area contributed by atoms with Gasteiger partial charge in [-0.2, -0.15) is 0 Å². The van der Waals surface area contributed by atoms with Gasteiger partial charge in [0.1, 0.15) is 5.75 Å². The van der Waals surface area contributed by atoms with Crippen LogP contribution >= 0.6 is 0 Å². The summed E-state index contributed by atoms with van der Waals surface area (Å²) in [6.07, 6.45) is 4.43. The lowest BCUT2D eigenvalue weighted by Gasteiger charge is -2.14. The van der Waals surface area contributed by atoms with Gasteiger partial charge in [0, 0.05) is 17.7 Å². The highest BCUT2D eigenvalue weighted by Crippen LogP contribution is 2.18. The lowest BCUT2D eigenvalue weighted by Crippen LogP contribution is -2.35. The summed E-state index contributed by atoms with van der Waals surface area (Å²) in [7, 11) is 1.57. The summed E-state index contributed by atoms with van der Waals surface area (Å²) in [5.74, 6) is -0.541. The molecule has 2 N–H and O–H groups in total. The van der Waals surface area contributed by atoms with Crippen molar-refractivity contribution in [1.29, 1.82) is 0 Å². The van der Waals surface area contributed by atoms with Gasteiger partial charge in [-0.1, -0.05) is 31.5 Å². The molecule has 0 radical (unpaired) electrons. The molecule has 0 spiro atoms. The van der Waals surface area contributed by atoms with E-state index in [4.69, 9.17) is 9.84 Å². The van der Waals surface area contributed by atoms with Crippen LogP contribution in [0.2, 0.25) is 0 Å². The molecule has 0 aliphatic heterocycles. The predicted octanol–water partition coefficient (Wildman–Crippen LogP) is 2.47. The number of methoxy groups -OCH3 is 1. The standard InChI is InChI=1S/C16H21NO4/c1-3-6-13(11-16(19)20)17-15(18)10-9-12-7-4-5-8-14(12)21-2/h4-5,7-10,13H,3,6,11H2,1-2H3,(H,17,18)(H,19,20)/b10-9+. The van der Waals surface area contributed by atoms with Crippen molar-refractivity contribution in [3.05, 3.63) is 35.9 Å². The molecule has 0 bridgehead atoms. The van der Waals surface area contributed by atoms with E-state index >= 15 is 0 Å². The summed E-state index contributed by atoms with van der Waals surface area (Å²) in [6, 6.07) is 7.00. The molecule has 5 nitrogen and oxygen atoms in total. The molecule has 21 heavy (non-hydrogen) atoms.